The van der Waals surface area contributed by atoms with Gasteiger partial charge in [-0.25, -0.2) is 0 Å². The molecule has 0 fully saturated rings. The van der Waals surface area contributed by atoms with Crippen LogP contribution in [-0.4, -0.2) is 24.5 Å². The summed E-state index contributed by atoms with van der Waals surface area (Å²) in [6.07, 6.45) is 1.15. The van der Waals surface area contributed by atoms with Gasteiger partial charge in [0, 0.05) is 6.54 Å². The van der Waals surface area contributed by atoms with Crippen LogP contribution in [0.4, 0.5) is 0 Å². The van der Waals surface area contributed by atoms with Crippen LogP contribution >= 0.6 is 0 Å². The summed E-state index contributed by atoms with van der Waals surface area (Å²) in [6, 6.07) is 8.80. The van der Waals surface area contributed by atoms with Crippen molar-refractivity contribution in [3.05, 3.63) is 35.9 Å². The lowest BCUT2D eigenvalue weighted by molar-refractivity contribution is -0.146. The minimum atomic E-state index is -0.641. The van der Waals surface area contributed by atoms with Crippen molar-refractivity contribution in [2.24, 2.45) is 11.5 Å². The van der Waals surface area contributed by atoms with Gasteiger partial charge >= 0.3 is 5.97 Å². The molecule has 0 amide bonds. The lowest BCUT2D eigenvalue weighted by Gasteiger charge is -2.11. The summed E-state index contributed by atoms with van der Waals surface area (Å²) in [7, 11) is 0. The van der Waals surface area contributed by atoms with E-state index in [1.807, 2.05) is 30.3 Å². The van der Waals surface area contributed by atoms with Crippen LogP contribution < -0.4 is 16.8 Å². The van der Waals surface area contributed by atoms with Crippen molar-refractivity contribution in [1.82, 2.24) is 5.32 Å². The fraction of sp³-hybridized carbons (Fsp3) is 0.385. The second-order valence-corrected chi connectivity index (χ2v) is 4.18. The Morgan fingerprint density at radius 1 is 1.37 bits per heavy atom. The van der Waals surface area contributed by atoms with E-state index in [4.69, 9.17) is 21.6 Å². The Balaban J connectivity index is 2.20. The Bertz CT molecular complexity index is 408. The Labute approximate surface area is 112 Å². The molecule has 104 valence electrons. The molecule has 6 heteroatoms. The van der Waals surface area contributed by atoms with Gasteiger partial charge in [0.2, 0.25) is 0 Å². The molecule has 0 unspecified atom stereocenters. The number of hydrogen-bond donors (Lipinski definition) is 4. The van der Waals surface area contributed by atoms with E-state index in [2.05, 4.69) is 5.32 Å². The molecule has 0 aliphatic rings. The number of hydrogen-bond acceptors (Lipinski definition) is 4. The Hall–Kier alpha value is -2.08. The molecule has 0 aromatic heterocycles. The number of nitrogens with two attached hydrogens (primary N) is 2. The summed E-state index contributed by atoms with van der Waals surface area (Å²) in [5.74, 6) is -0.494. The van der Waals surface area contributed by atoms with Crippen molar-refractivity contribution in [3.63, 3.8) is 0 Å². The highest BCUT2D eigenvalue weighted by atomic mass is 16.5. The summed E-state index contributed by atoms with van der Waals surface area (Å²) >= 11 is 0. The normalized spacial score (nSPS) is 11.6. The molecule has 0 radical (unpaired) electrons. The molecule has 0 spiro atoms. The monoisotopic (exact) mass is 264 g/mol. The van der Waals surface area contributed by atoms with Crippen LogP contribution in [0.25, 0.3) is 0 Å². The summed E-state index contributed by atoms with van der Waals surface area (Å²) in [6.45, 7) is 0.758. The fourth-order valence-corrected chi connectivity index (χ4v) is 1.50. The van der Waals surface area contributed by atoms with E-state index in [0.717, 1.165) is 5.56 Å². The second kappa shape index (κ2) is 8.10. The molecule has 1 aromatic rings. The molecule has 0 saturated carbocycles. The quantitative estimate of drug-likeness (QED) is 0.245. The number of carbonyl (C=O) groups is 1. The summed E-state index contributed by atoms with van der Waals surface area (Å²) in [5.41, 5.74) is 11.8. The zero-order valence-electron chi connectivity index (χ0n) is 10.8. The SMILES string of the molecule is N=C(N)NCCC[C@H](N)C(=O)OCc1ccccc1. The van der Waals surface area contributed by atoms with Gasteiger partial charge in [0.1, 0.15) is 12.6 Å². The first-order chi connectivity index (χ1) is 9.09. The van der Waals surface area contributed by atoms with Gasteiger partial charge in [0.15, 0.2) is 5.96 Å². The van der Waals surface area contributed by atoms with E-state index in [0.29, 0.717) is 19.4 Å². The minimum Gasteiger partial charge on any atom is -0.460 e. The van der Waals surface area contributed by atoms with Crippen molar-refractivity contribution in [3.8, 4) is 0 Å². The van der Waals surface area contributed by atoms with Crippen molar-refractivity contribution in [1.29, 1.82) is 5.41 Å². The van der Waals surface area contributed by atoms with Crippen LogP contribution in [0.3, 0.4) is 0 Å². The molecule has 0 bridgehead atoms. The van der Waals surface area contributed by atoms with Crippen molar-refractivity contribution < 1.29 is 9.53 Å². The second-order valence-electron chi connectivity index (χ2n) is 4.18. The van der Waals surface area contributed by atoms with Crippen molar-refractivity contribution in [2.75, 3.05) is 6.54 Å². The van der Waals surface area contributed by atoms with Crippen LogP contribution in [0.5, 0.6) is 0 Å². The Morgan fingerprint density at radius 3 is 2.68 bits per heavy atom. The first-order valence-electron chi connectivity index (χ1n) is 6.13. The smallest absolute Gasteiger partial charge is 0.323 e. The predicted octanol–water partition coefficient (Wildman–Crippen LogP) is 0.320. The van der Waals surface area contributed by atoms with E-state index < -0.39 is 12.0 Å². The largest absolute Gasteiger partial charge is 0.460 e. The number of nitrogens with one attached hydrogen (secondary N) is 2. The van der Waals surface area contributed by atoms with Gasteiger partial charge in [-0.05, 0) is 18.4 Å². The number of rotatable bonds is 7. The molecule has 1 aromatic carbocycles. The number of ether oxygens (including phenoxy) is 1. The average molecular weight is 264 g/mol. The predicted molar refractivity (Wildman–Crippen MR) is 73.4 cm³/mol. The van der Waals surface area contributed by atoms with Crippen LogP contribution in [-0.2, 0) is 16.1 Å². The molecule has 0 aliphatic carbocycles. The number of benzene rings is 1. The average Bonchev–Trinajstić information content (AvgIpc) is 2.41. The third kappa shape index (κ3) is 6.42. The van der Waals surface area contributed by atoms with E-state index in [1.165, 1.54) is 0 Å². The highest BCUT2D eigenvalue weighted by Gasteiger charge is 2.14. The fourth-order valence-electron chi connectivity index (χ4n) is 1.50. The van der Waals surface area contributed by atoms with Gasteiger partial charge in [0.05, 0.1) is 0 Å². The van der Waals surface area contributed by atoms with E-state index in [-0.39, 0.29) is 12.6 Å². The number of guanidine groups is 1. The molecule has 0 aliphatic heterocycles. The molecular formula is C13H20N4O2. The van der Waals surface area contributed by atoms with Gasteiger partial charge in [-0.15, -0.1) is 0 Å². The molecule has 6 nitrogen and oxygen atoms in total. The van der Waals surface area contributed by atoms with E-state index in [1.54, 1.807) is 0 Å². The Kier molecular flexibility index (Phi) is 6.38. The van der Waals surface area contributed by atoms with Gasteiger partial charge in [-0.2, -0.15) is 0 Å². The molecular weight excluding hydrogens is 244 g/mol. The first kappa shape index (κ1) is 15.0. The number of esters is 1. The van der Waals surface area contributed by atoms with Crippen molar-refractivity contribution in [2.45, 2.75) is 25.5 Å². The first-order valence-corrected chi connectivity index (χ1v) is 6.13. The summed E-state index contributed by atoms with van der Waals surface area (Å²) in [4.78, 5) is 11.6. The maximum atomic E-state index is 11.6. The zero-order valence-corrected chi connectivity index (χ0v) is 10.8. The van der Waals surface area contributed by atoms with Gasteiger partial charge in [0.25, 0.3) is 0 Å². The van der Waals surface area contributed by atoms with Crippen LogP contribution in [0, 0.1) is 5.41 Å². The Morgan fingerprint density at radius 2 is 2.05 bits per heavy atom. The highest BCUT2D eigenvalue weighted by molar-refractivity contribution is 5.75. The van der Waals surface area contributed by atoms with Gasteiger partial charge < -0.3 is 21.5 Å². The van der Waals surface area contributed by atoms with E-state index in [9.17, 15) is 4.79 Å². The third-order valence-corrected chi connectivity index (χ3v) is 2.53. The maximum absolute atomic E-state index is 11.6. The minimum absolute atomic E-state index is 0.0831. The molecule has 0 saturated heterocycles. The van der Waals surface area contributed by atoms with E-state index >= 15 is 0 Å². The summed E-state index contributed by atoms with van der Waals surface area (Å²) < 4.78 is 5.12. The lowest BCUT2D eigenvalue weighted by atomic mass is 10.1. The highest BCUT2D eigenvalue weighted by Crippen LogP contribution is 2.03. The molecule has 6 N–H and O–H groups in total. The van der Waals surface area contributed by atoms with Crippen LogP contribution in [0.1, 0.15) is 18.4 Å². The standard InChI is InChI=1S/C13H20N4O2/c14-11(7-4-8-17-13(15)16)12(18)19-9-10-5-2-1-3-6-10/h1-3,5-6,11H,4,7-9,14H2,(H4,15,16,17)/t11-/m0/s1. The van der Waals surface area contributed by atoms with Gasteiger partial charge in [-0.1, -0.05) is 30.3 Å². The van der Waals surface area contributed by atoms with Crippen LogP contribution in [0.15, 0.2) is 30.3 Å². The lowest BCUT2D eigenvalue weighted by Crippen LogP contribution is -2.35. The maximum Gasteiger partial charge on any atom is 0.323 e. The van der Waals surface area contributed by atoms with Gasteiger partial charge in [-0.3, -0.25) is 10.2 Å². The number of carbonyl (C=O) groups excluding carboxylic acids is 1. The van der Waals surface area contributed by atoms with Crippen molar-refractivity contribution >= 4 is 11.9 Å². The zero-order chi connectivity index (χ0) is 14.1. The molecule has 0 heterocycles. The topological polar surface area (TPSA) is 114 Å². The molecule has 1 atom stereocenters. The molecule has 19 heavy (non-hydrogen) atoms. The van der Waals surface area contributed by atoms with Crippen LogP contribution in [0.2, 0.25) is 0 Å². The third-order valence-electron chi connectivity index (χ3n) is 2.53. The summed E-state index contributed by atoms with van der Waals surface area (Å²) in [5, 5.41) is 9.62. The molecule has 1 rings (SSSR count).